The van der Waals surface area contributed by atoms with E-state index in [0.29, 0.717) is 0 Å². The molecule has 0 aromatic carbocycles. The molecule has 0 fully saturated rings. The summed E-state index contributed by atoms with van der Waals surface area (Å²) in [6.07, 6.45) is -5.58. The summed E-state index contributed by atoms with van der Waals surface area (Å²) in [5.41, 5.74) is 9.56. The molecule has 0 rings (SSSR count). The fraction of sp³-hybridized carbons (Fsp3) is 1.00. The van der Waals surface area contributed by atoms with Crippen LogP contribution in [0.25, 0.3) is 0 Å². The molecule has 4 N–H and O–H groups in total. The Morgan fingerprint density at radius 2 is 1.56 bits per heavy atom. The van der Waals surface area contributed by atoms with E-state index in [1.54, 1.807) is 0 Å². The normalized spacial score (nSPS) is 16.3. The minimum Gasteiger partial charge on any atom is -0.316 e. The number of alkyl halides is 3. The van der Waals surface area contributed by atoms with Crippen LogP contribution < -0.4 is 11.5 Å². The van der Waals surface area contributed by atoms with Gasteiger partial charge in [-0.15, -0.1) is 0 Å². The van der Waals surface area contributed by atoms with Crippen molar-refractivity contribution in [1.82, 2.24) is 0 Å². The maximum Gasteiger partial charge on any atom is 0.394 e. The summed E-state index contributed by atoms with van der Waals surface area (Å²) in [7, 11) is 0. The van der Waals surface area contributed by atoms with Crippen molar-refractivity contribution in [2.75, 3.05) is 0 Å². The van der Waals surface area contributed by atoms with Gasteiger partial charge in [0.05, 0.1) is 12.1 Å². The van der Waals surface area contributed by atoms with Gasteiger partial charge in [-0.25, -0.2) is 0 Å². The third-order valence-corrected chi connectivity index (χ3v) is 1.09. The molecule has 0 aromatic heterocycles. The summed E-state index contributed by atoms with van der Waals surface area (Å²) >= 11 is 0. The largest absolute Gasteiger partial charge is 0.394 e. The molecule has 0 aliphatic rings. The Morgan fingerprint density at radius 1 is 1.22 bits per heavy atom. The second-order valence-corrected chi connectivity index (χ2v) is 1.91. The third kappa shape index (κ3) is 2.67. The Hall–Kier alpha value is -0.290. The molecule has 56 valence electrons. The molecule has 0 aliphatic carbocycles. The van der Waals surface area contributed by atoms with E-state index in [9.17, 15) is 13.2 Å². The van der Waals surface area contributed by atoms with Crippen LogP contribution in [0.1, 0.15) is 6.92 Å². The number of nitrogens with two attached hydrogens (primary N) is 2. The van der Waals surface area contributed by atoms with Gasteiger partial charge >= 0.3 is 6.18 Å². The fourth-order valence-electron chi connectivity index (χ4n) is 0.218. The van der Waals surface area contributed by atoms with Crippen molar-refractivity contribution in [3.63, 3.8) is 0 Å². The third-order valence-electron chi connectivity index (χ3n) is 1.09. The summed E-state index contributed by atoms with van der Waals surface area (Å²) in [6.45, 7) is 0.949. The van der Waals surface area contributed by atoms with Crippen LogP contribution in [0.5, 0.6) is 0 Å². The Morgan fingerprint density at radius 3 is 1.56 bits per heavy atom. The van der Waals surface area contributed by atoms with Gasteiger partial charge in [-0.05, 0) is 0 Å². The van der Waals surface area contributed by atoms with E-state index in [4.69, 9.17) is 11.5 Å². The molecule has 2 nitrogen and oxygen atoms in total. The number of rotatable bonds is 1. The lowest BCUT2D eigenvalue weighted by Crippen LogP contribution is -2.44. The van der Waals surface area contributed by atoms with Crippen LogP contribution in [0.4, 0.5) is 13.2 Å². The number of hydrogen-bond acceptors (Lipinski definition) is 2. The Labute approximate surface area is 51.0 Å². The fourth-order valence-corrected chi connectivity index (χ4v) is 0.218. The first kappa shape index (κ1) is 8.71. The minimum absolute atomic E-state index is 0.949. The summed E-state index contributed by atoms with van der Waals surface area (Å²) in [5, 5.41) is 0. The molecule has 0 aromatic rings. The number of hydrogen-bond donors (Lipinski definition) is 2. The zero-order valence-electron chi connectivity index (χ0n) is 4.94. The van der Waals surface area contributed by atoms with E-state index in [1.807, 2.05) is 0 Å². The average molecular weight is 142 g/mol. The van der Waals surface area contributed by atoms with Crippen molar-refractivity contribution in [3.05, 3.63) is 0 Å². The van der Waals surface area contributed by atoms with Gasteiger partial charge < -0.3 is 11.5 Å². The molecule has 0 saturated carbocycles. The quantitative estimate of drug-likeness (QED) is 0.521. The van der Waals surface area contributed by atoms with Crippen LogP contribution in [0.15, 0.2) is 0 Å². The molecule has 0 radical (unpaired) electrons. The Bertz CT molecular complexity index is 88.3. The van der Waals surface area contributed by atoms with Crippen molar-refractivity contribution in [1.29, 1.82) is 0 Å². The zero-order valence-corrected chi connectivity index (χ0v) is 4.94. The first-order chi connectivity index (χ1) is 3.85. The van der Waals surface area contributed by atoms with Crippen LogP contribution in [-0.2, 0) is 0 Å². The summed E-state index contributed by atoms with van der Waals surface area (Å²) in [5.74, 6) is -1.63. The molecule has 5 heteroatoms. The van der Waals surface area contributed by atoms with Crippen molar-refractivity contribution in [3.8, 4) is 0 Å². The predicted octanol–water partition coefficient (Wildman–Crippen LogP) is 0.428. The molecule has 1 unspecified atom stereocenters. The van der Waals surface area contributed by atoms with Crippen molar-refractivity contribution >= 4 is 0 Å². The monoisotopic (exact) mass is 142 g/mol. The van der Waals surface area contributed by atoms with E-state index in [2.05, 4.69) is 0 Å². The van der Waals surface area contributed by atoms with Gasteiger partial charge in [0.1, 0.15) is 0 Å². The molecular formula is C4H9F3N2. The lowest BCUT2D eigenvalue weighted by molar-refractivity contribution is -0.174. The average Bonchev–Trinajstić information content (AvgIpc) is 1.62. The Kier molecular flexibility index (Phi) is 2.45. The second-order valence-electron chi connectivity index (χ2n) is 1.91. The maximum atomic E-state index is 11.5. The van der Waals surface area contributed by atoms with E-state index >= 15 is 0 Å². The van der Waals surface area contributed by atoms with Crippen LogP contribution in [-0.4, -0.2) is 12.3 Å². The highest BCUT2D eigenvalue weighted by Crippen LogP contribution is 2.25. The van der Waals surface area contributed by atoms with Gasteiger partial charge in [-0.2, -0.15) is 13.2 Å². The molecule has 1 atom stereocenters. The molecular weight excluding hydrogens is 133 g/mol. The lowest BCUT2D eigenvalue weighted by Gasteiger charge is -2.18. The van der Waals surface area contributed by atoms with E-state index in [1.165, 1.54) is 0 Å². The SMILES string of the molecule is CC(C(N)N)C(F)(F)F. The minimum atomic E-state index is -4.27. The van der Waals surface area contributed by atoms with Gasteiger partial charge in [0.2, 0.25) is 0 Å². The standard InChI is InChI=1S/C4H9F3N2/c1-2(3(8)9)4(5,6)7/h2-3H,8-9H2,1H3. The van der Waals surface area contributed by atoms with E-state index in [0.717, 1.165) is 6.92 Å². The molecule has 9 heavy (non-hydrogen) atoms. The van der Waals surface area contributed by atoms with E-state index in [-0.39, 0.29) is 0 Å². The smallest absolute Gasteiger partial charge is 0.316 e. The number of halogens is 3. The van der Waals surface area contributed by atoms with Crippen LogP contribution >= 0.6 is 0 Å². The highest BCUT2D eigenvalue weighted by atomic mass is 19.4. The van der Waals surface area contributed by atoms with Crippen LogP contribution in [0, 0.1) is 5.92 Å². The van der Waals surface area contributed by atoms with Gasteiger partial charge in [0, 0.05) is 0 Å². The Balaban J connectivity index is 3.88. The van der Waals surface area contributed by atoms with Gasteiger partial charge in [-0.1, -0.05) is 6.92 Å². The first-order valence-electron chi connectivity index (χ1n) is 2.43. The topological polar surface area (TPSA) is 52.0 Å². The van der Waals surface area contributed by atoms with Crippen molar-refractivity contribution in [2.45, 2.75) is 19.3 Å². The van der Waals surface area contributed by atoms with Crippen molar-refractivity contribution < 1.29 is 13.2 Å². The van der Waals surface area contributed by atoms with Gasteiger partial charge in [0.25, 0.3) is 0 Å². The lowest BCUT2D eigenvalue weighted by atomic mass is 10.1. The molecule has 0 bridgehead atoms. The van der Waals surface area contributed by atoms with Crippen LogP contribution in [0.2, 0.25) is 0 Å². The van der Waals surface area contributed by atoms with E-state index < -0.39 is 18.3 Å². The van der Waals surface area contributed by atoms with Gasteiger partial charge in [-0.3, -0.25) is 0 Å². The first-order valence-corrected chi connectivity index (χ1v) is 2.43. The molecule has 0 amide bonds. The highest BCUT2D eigenvalue weighted by Gasteiger charge is 2.38. The summed E-state index contributed by atoms with van der Waals surface area (Å²) in [6, 6.07) is 0. The molecule has 0 spiro atoms. The van der Waals surface area contributed by atoms with Gasteiger partial charge in [0.15, 0.2) is 0 Å². The highest BCUT2D eigenvalue weighted by molar-refractivity contribution is 4.69. The maximum absolute atomic E-state index is 11.5. The molecule has 0 aliphatic heterocycles. The second kappa shape index (κ2) is 2.53. The molecule has 0 saturated heterocycles. The molecule has 0 heterocycles. The predicted molar refractivity (Wildman–Crippen MR) is 27.4 cm³/mol. The van der Waals surface area contributed by atoms with Crippen molar-refractivity contribution in [2.24, 2.45) is 17.4 Å². The summed E-state index contributed by atoms with van der Waals surface area (Å²) < 4.78 is 34.6. The van der Waals surface area contributed by atoms with Crippen LogP contribution in [0.3, 0.4) is 0 Å². The summed E-state index contributed by atoms with van der Waals surface area (Å²) in [4.78, 5) is 0. The zero-order chi connectivity index (χ0) is 7.65.